The average Bonchev–Trinajstić information content (AvgIpc) is 2.27. The molecule has 1 N–H and O–H groups in total. The molecule has 16 heavy (non-hydrogen) atoms. The topological polar surface area (TPSA) is 21.3 Å². The van der Waals surface area contributed by atoms with Crippen molar-refractivity contribution in [2.75, 3.05) is 18.5 Å². The summed E-state index contributed by atoms with van der Waals surface area (Å²) >= 11 is 0. The molecule has 0 aromatic heterocycles. The Labute approximate surface area is 96.8 Å². The second-order valence-corrected chi connectivity index (χ2v) is 3.71. The van der Waals surface area contributed by atoms with Crippen molar-refractivity contribution in [1.82, 2.24) is 0 Å². The number of ether oxygens (including phenoxy) is 1. The Bertz CT molecular complexity index is 315. The van der Waals surface area contributed by atoms with Crippen LogP contribution in [0.5, 0.6) is 5.75 Å². The van der Waals surface area contributed by atoms with Crippen LogP contribution < -0.4 is 10.1 Å². The number of anilines is 1. The predicted octanol–water partition coefficient (Wildman–Crippen LogP) is 3.83. The Balaban J connectivity index is 2.56. The monoisotopic (exact) mass is 225 g/mol. The van der Waals surface area contributed by atoms with Crippen molar-refractivity contribution in [2.45, 2.75) is 33.1 Å². The van der Waals surface area contributed by atoms with Crippen LogP contribution in [-0.4, -0.2) is 13.2 Å². The molecule has 0 fully saturated rings. The molecule has 0 atom stereocenters. The zero-order valence-corrected chi connectivity index (χ0v) is 10.1. The van der Waals surface area contributed by atoms with Crippen LogP contribution in [0, 0.1) is 5.82 Å². The number of hydrogen-bond donors (Lipinski definition) is 1. The van der Waals surface area contributed by atoms with Crippen molar-refractivity contribution in [3.8, 4) is 5.75 Å². The van der Waals surface area contributed by atoms with Gasteiger partial charge in [0.15, 0.2) is 0 Å². The van der Waals surface area contributed by atoms with Gasteiger partial charge in [0, 0.05) is 12.6 Å². The van der Waals surface area contributed by atoms with Gasteiger partial charge in [-0.05, 0) is 25.5 Å². The van der Waals surface area contributed by atoms with Gasteiger partial charge in [0.05, 0.1) is 12.3 Å². The third-order valence-corrected chi connectivity index (χ3v) is 2.34. The van der Waals surface area contributed by atoms with Crippen LogP contribution in [0.2, 0.25) is 0 Å². The van der Waals surface area contributed by atoms with Crippen molar-refractivity contribution in [1.29, 1.82) is 0 Å². The standard InChI is InChI=1S/C13H20FNO/c1-3-5-6-9-15-12-8-7-11(14)10-13(12)16-4-2/h7-8,10,15H,3-6,9H2,1-2H3. The summed E-state index contributed by atoms with van der Waals surface area (Å²) in [5.74, 6) is 0.335. The van der Waals surface area contributed by atoms with Crippen LogP contribution in [0.4, 0.5) is 10.1 Å². The highest BCUT2D eigenvalue weighted by molar-refractivity contribution is 5.56. The van der Waals surface area contributed by atoms with E-state index in [9.17, 15) is 4.39 Å². The van der Waals surface area contributed by atoms with Crippen LogP contribution in [-0.2, 0) is 0 Å². The van der Waals surface area contributed by atoms with Gasteiger partial charge < -0.3 is 10.1 Å². The first-order valence-corrected chi connectivity index (χ1v) is 5.94. The zero-order valence-electron chi connectivity index (χ0n) is 10.1. The summed E-state index contributed by atoms with van der Waals surface area (Å²) in [5, 5.41) is 3.27. The highest BCUT2D eigenvalue weighted by Crippen LogP contribution is 2.25. The van der Waals surface area contributed by atoms with Crippen LogP contribution >= 0.6 is 0 Å². The first kappa shape index (κ1) is 12.8. The lowest BCUT2D eigenvalue weighted by atomic mass is 10.2. The molecule has 0 heterocycles. The van der Waals surface area contributed by atoms with Gasteiger partial charge in [-0.25, -0.2) is 4.39 Å². The number of nitrogens with one attached hydrogen (secondary N) is 1. The van der Waals surface area contributed by atoms with Gasteiger partial charge in [-0.1, -0.05) is 19.8 Å². The zero-order chi connectivity index (χ0) is 11.8. The lowest BCUT2D eigenvalue weighted by molar-refractivity contribution is 0.339. The Morgan fingerprint density at radius 2 is 2.06 bits per heavy atom. The molecule has 0 saturated carbocycles. The van der Waals surface area contributed by atoms with Crippen LogP contribution in [0.1, 0.15) is 33.1 Å². The Kier molecular flexibility index (Phi) is 5.68. The molecule has 0 saturated heterocycles. The molecule has 0 aliphatic heterocycles. The van der Waals surface area contributed by atoms with Crippen molar-refractivity contribution in [2.24, 2.45) is 0 Å². The molecule has 0 amide bonds. The fraction of sp³-hybridized carbons (Fsp3) is 0.538. The van der Waals surface area contributed by atoms with Gasteiger partial charge in [0.1, 0.15) is 11.6 Å². The maximum absolute atomic E-state index is 13.0. The molecule has 0 aliphatic carbocycles. The number of halogens is 1. The van der Waals surface area contributed by atoms with Gasteiger partial charge in [-0.15, -0.1) is 0 Å². The van der Waals surface area contributed by atoms with Gasteiger partial charge in [0.2, 0.25) is 0 Å². The lowest BCUT2D eigenvalue weighted by Gasteiger charge is -2.12. The molecule has 1 aromatic rings. The van der Waals surface area contributed by atoms with Gasteiger partial charge in [-0.3, -0.25) is 0 Å². The molecule has 0 bridgehead atoms. The van der Waals surface area contributed by atoms with Gasteiger partial charge in [-0.2, -0.15) is 0 Å². The predicted molar refractivity (Wildman–Crippen MR) is 65.6 cm³/mol. The summed E-state index contributed by atoms with van der Waals surface area (Å²) in [7, 11) is 0. The third-order valence-electron chi connectivity index (χ3n) is 2.34. The minimum absolute atomic E-state index is 0.262. The smallest absolute Gasteiger partial charge is 0.145 e. The van der Waals surface area contributed by atoms with E-state index < -0.39 is 0 Å². The van der Waals surface area contributed by atoms with Gasteiger partial charge >= 0.3 is 0 Å². The van der Waals surface area contributed by atoms with E-state index in [2.05, 4.69) is 12.2 Å². The second kappa shape index (κ2) is 7.09. The molecule has 1 rings (SSSR count). The first-order chi connectivity index (χ1) is 7.77. The van der Waals surface area contributed by atoms with E-state index in [1.54, 1.807) is 6.07 Å². The second-order valence-electron chi connectivity index (χ2n) is 3.71. The summed E-state index contributed by atoms with van der Waals surface area (Å²) in [6.45, 7) is 5.52. The van der Waals surface area contributed by atoms with E-state index in [0.29, 0.717) is 12.4 Å². The lowest BCUT2D eigenvalue weighted by Crippen LogP contribution is -2.04. The van der Waals surface area contributed by atoms with E-state index in [0.717, 1.165) is 18.7 Å². The van der Waals surface area contributed by atoms with Crippen LogP contribution in [0.25, 0.3) is 0 Å². The largest absolute Gasteiger partial charge is 0.492 e. The summed E-state index contributed by atoms with van der Waals surface area (Å²) in [5.41, 5.74) is 0.874. The molecule has 90 valence electrons. The summed E-state index contributed by atoms with van der Waals surface area (Å²) < 4.78 is 18.4. The van der Waals surface area contributed by atoms with E-state index in [1.165, 1.54) is 25.0 Å². The minimum atomic E-state index is -0.262. The molecular formula is C13H20FNO. The van der Waals surface area contributed by atoms with E-state index in [4.69, 9.17) is 4.74 Å². The fourth-order valence-corrected chi connectivity index (χ4v) is 1.52. The Hall–Kier alpha value is -1.25. The Morgan fingerprint density at radius 3 is 2.75 bits per heavy atom. The third kappa shape index (κ3) is 4.09. The maximum Gasteiger partial charge on any atom is 0.145 e. The molecule has 0 aliphatic rings. The average molecular weight is 225 g/mol. The molecule has 0 spiro atoms. The summed E-state index contributed by atoms with van der Waals surface area (Å²) in [6, 6.07) is 4.60. The molecule has 2 nitrogen and oxygen atoms in total. The Morgan fingerprint density at radius 1 is 1.25 bits per heavy atom. The van der Waals surface area contributed by atoms with Crippen molar-refractivity contribution in [3.05, 3.63) is 24.0 Å². The highest BCUT2D eigenvalue weighted by atomic mass is 19.1. The minimum Gasteiger partial charge on any atom is -0.492 e. The van der Waals surface area contributed by atoms with Crippen LogP contribution in [0.3, 0.4) is 0 Å². The number of hydrogen-bond acceptors (Lipinski definition) is 2. The molecule has 0 radical (unpaired) electrons. The number of rotatable bonds is 7. The number of unbranched alkanes of at least 4 members (excludes halogenated alkanes) is 2. The normalized spacial score (nSPS) is 10.2. The molecule has 3 heteroatoms. The maximum atomic E-state index is 13.0. The van der Waals surface area contributed by atoms with E-state index in [1.807, 2.05) is 6.92 Å². The molecular weight excluding hydrogens is 205 g/mol. The van der Waals surface area contributed by atoms with Crippen LogP contribution in [0.15, 0.2) is 18.2 Å². The molecule has 0 unspecified atom stereocenters. The SMILES string of the molecule is CCCCCNc1ccc(F)cc1OCC. The fourth-order valence-electron chi connectivity index (χ4n) is 1.52. The highest BCUT2D eigenvalue weighted by Gasteiger charge is 2.04. The van der Waals surface area contributed by atoms with E-state index in [-0.39, 0.29) is 5.82 Å². The van der Waals surface area contributed by atoms with Gasteiger partial charge in [0.25, 0.3) is 0 Å². The van der Waals surface area contributed by atoms with Crippen molar-refractivity contribution >= 4 is 5.69 Å². The number of benzene rings is 1. The first-order valence-electron chi connectivity index (χ1n) is 5.94. The summed E-state index contributed by atoms with van der Waals surface area (Å²) in [6.07, 6.45) is 3.53. The van der Waals surface area contributed by atoms with Crippen molar-refractivity contribution in [3.63, 3.8) is 0 Å². The summed E-state index contributed by atoms with van der Waals surface area (Å²) in [4.78, 5) is 0. The quantitative estimate of drug-likeness (QED) is 0.712. The molecule has 1 aromatic carbocycles. The van der Waals surface area contributed by atoms with E-state index >= 15 is 0 Å². The van der Waals surface area contributed by atoms with Crippen molar-refractivity contribution < 1.29 is 9.13 Å².